The van der Waals surface area contributed by atoms with Crippen LogP contribution in [0.15, 0.2) is 23.8 Å². The van der Waals surface area contributed by atoms with Gasteiger partial charge in [0.1, 0.15) is 0 Å². The Morgan fingerprint density at radius 2 is 1.75 bits per heavy atom. The van der Waals surface area contributed by atoms with Crippen LogP contribution in [0.3, 0.4) is 0 Å². The van der Waals surface area contributed by atoms with Crippen LogP contribution in [0.1, 0.15) is 47.5 Å². The molecule has 0 radical (unpaired) electrons. The molecule has 0 spiro atoms. The maximum atomic E-state index is 3.88. The van der Waals surface area contributed by atoms with E-state index < -0.39 is 0 Å². The summed E-state index contributed by atoms with van der Waals surface area (Å²) in [6, 6.07) is 0. The zero-order valence-electron chi connectivity index (χ0n) is 9.20. The molecule has 0 nitrogen and oxygen atoms in total. The molecule has 0 aromatic rings. The quantitative estimate of drug-likeness (QED) is 0.547. The van der Waals surface area contributed by atoms with Gasteiger partial charge in [-0.3, -0.25) is 0 Å². The van der Waals surface area contributed by atoms with E-state index in [1.165, 1.54) is 11.1 Å². The summed E-state index contributed by atoms with van der Waals surface area (Å²) < 4.78 is 0. The van der Waals surface area contributed by atoms with E-state index in [1.807, 2.05) is 0 Å². The molecule has 0 aliphatic heterocycles. The van der Waals surface area contributed by atoms with Gasteiger partial charge in [-0.15, -0.1) is 6.58 Å². The van der Waals surface area contributed by atoms with Crippen LogP contribution >= 0.6 is 0 Å². The molecule has 0 rings (SSSR count). The van der Waals surface area contributed by atoms with Gasteiger partial charge >= 0.3 is 0 Å². The van der Waals surface area contributed by atoms with Crippen LogP contribution in [0.2, 0.25) is 0 Å². The van der Waals surface area contributed by atoms with Crippen molar-refractivity contribution in [1.29, 1.82) is 0 Å². The van der Waals surface area contributed by atoms with Crippen LogP contribution in [0.4, 0.5) is 0 Å². The van der Waals surface area contributed by atoms with Crippen LogP contribution < -0.4 is 0 Å². The second-order valence-electron chi connectivity index (χ2n) is 4.63. The lowest BCUT2D eigenvalue weighted by Crippen LogP contribution is -2.06. The van der Waals surface area contributed by atoms with Gasteiger partial charge in [0.15, 0.2) is 0 Å². The molecular weight excluding hydrogens is 144 g/mol. The van der Waals surface area contributed by atoms with Gasteiger partial charge in [0, 0.05) is 0 Å². The van der Waals surface area contributed by atoms with Gasteiger partial charge in [-0.25, -0.2) is 0 Å². The summed E-state index contributed by atoms with van der Waals surface area (Å²) in [4.78, 5) is 0. The molecule has 70 valence electrons. The van der Waals surface area contributed by atoms with Crippen molar-refractivity contribution < 1.29 is 0 Å². The van der Waals surface area contributed by atoms with Gasteiger partial charge in [0.2, 0.25) is 0 Å². The highest BCUT2D eigenvalue weighted by molar-refractivity contribution is 5.08. The second kappa shape index (κ2) is 4.49. The number of allylic oxidation sites excluding steroid dienone is 3. The van der Waals surface area contributed by atoms with Crippen molar-refractivity contribution in [3.63, 3.8) is 0 Å². The minimum absolute atomic E-state index is 0.328. The van der Waals surface area contributed by atoms with E-state index in [0.29, 0.717) is 5.41 Å². The molecule has 0 amide bonds. The molecule has 0 saturated carbocycles. The minimum atomic E-state index is 0.328. The third-order valence-corrected chi connectivity index (χ3v) is 2.20. The maximum Gasteiger partial charge on any atom is -0.0176 e. The van der Waals surface area contributed by atoms with Crippen LogP contribution in [0.25, 0.3) is 0 Å². The highest BCUT2D eigenvalue weighted by Crippen LogP contribution is 2.24. The van der Waals surface area contributed by atoms with Crippen molar-refractivity contribution in [2.45, 2.75) is 47.5 Å². The number of hydrogen-bond acceptors (Lipinski definition) is 0. The third kappa shape index (κ3) is 5.17. The van der Waals surface area contributed by atoms with Gasteiger partial charge in [-0.2, -0.15) is 0 Å². The molecular formula is C12H22. The first-order valence-electron chi connectivity index (χ1n) is 4.65. The summed E-state index contributed by atoms with van der Waals surface area (Å²) in [5.41, 5.74) is 3.08. The molecule has 0 saturated heterocycles. The number of hydrogen-bond donors (Lipinski definition) is 0. The van der Waals surface area contributed by atoms with Crippen molar-refractivity contribution in [1.82, 2.24) is 0 Å². The fourth-order valence-electron chi connectivity index (χ4n) is 0.841. The first-order chi connectivity index (χ1) is 5.34. The molecule has 0 atom stereocenters. The standard InChI is InChI=1S/C12H22/c1-10(2)8-7-9-11(3)12(4,5)6/h9H,1,7-8H2,2-6H3/b11-9+. The molecule has 0 heterocycles. The first kappa shape index (κ1) is 11.5. The van der Waals surface area contributed by atoms with E-state index in [9.17, 15) is 0 Å². The Labute approximate surface area is 77.4 Å². The summed E-state index contributed by atoms with van der Waals surface area (Å²) in [5, 5.41) is 0. The largest absolute Gasteiger partial charge is 0.100 e. The third-order valence-electron chi connectivity index (χ3n) is 2.20. The molecule has 0 heteroatoms. The molecule has 0 aliphatic rings. The monoisotopic (exact) mass is 166 g/mol. The molecule has 0 aromatic carbocycles. The molecule has 0 unspecified atom stereocenters. The van der Waals surface area contributed by atoms with Crippen molar-refractivity contribution in [3.05, 3.63) is 23.8 Å². The van der Waals surface area contributed by atoms with Crippen LogP contribution in [-0.4, -0.2) is 0 Å². The highest BCUT2D eigenvalue weighted by atomic mass is 14.2. The lowest BCUT2D eigenvalue weighted by Gasteiger charge is -2.19. The van der Waals surface area contributed by atoms with Crippen LogP contribution in [0, 0.1) is 5.41 Å². The zero-order valence-corrected chi connectivity index (χ0v) is 9.20. The fourth-order valence-corrected chi connectivity index (χ4v) is 0.841. The maximum absolute atomic E-state index is 3.88. The Balaban J connectivity index is 3.94. The number of rotatable bonds is 3. The fraction of sp³-hybridized carbons (Fsp3) is 0.667. The predicted molar refractivity (Wildman–Crippen MR) is 57.3 cm³/mol. The van der Waals surface area contributed by atoms with Crippen LogP contribution in [-0.2, 0) is 0 Å². The highest BCUT2D eigenvalue weighted by Gasteiger charge is 2.11. The van der Waals surface area contributed by atoms with Gasteiger partial charge in [-0.1, -0.05) is 38.0 Å². The van der Waals surface area contributed by atoms with Crippen LogP contribution in [0.5, 0.6) is 0 Å². The van der Waals surface area contributed by atoms with Gasteiger partial charge < -0.3 is 0 Å². The normalized spacial score (nSPS) is 13.2. The molecule has 12 heavy (non-hydrogen) atoms. The Hall–Kier alpha value is -0.520. The van der Waals surface area contributed by atoms with E-state index in [-0.39, 0.29) is 0 Å². The van der Waals surface area contributed by atoms with E-state index in [4.69, 9.17) is 0 Å². The van der Waals surface area contributed by atoms with Crippen molar-refractivity contribution in [2.75, 3.05) is 0 Å². The van der Waals surface area contributed by atoms with Gasteiger partial charge in [-0.05, 0) is 32.1 Å². The summed E-state index contributed by atoms with van der Waals surface area (Å²) in [7, 11) is 0. The van der Waals surface area contributed by atoms with Gasteiger partial charge in [0.25, 0.3) is 0 Å². The first-order valence-corrected chi connectivity index (χ1v) is 4.65. The summed E-state index contributed by atoms with van der Waals surface area (Å²) >= 11 is 0. The average Bonchev–Trinajstić information content (AvgIpc) is 1.84. The van der Waals surface area contributed by atoms with Crippen molar-refractivity contribution in [2.24, 2.45) is 5.41 Å². The molecule has 0 fully saturated rings. The molecule has 0 aromatic heterocycles. The Morgan fingerprint density at radius 1 is 1.25 bits per heavy atom. The summed E-state index contributed by atoms with van der Waals surface area (Å²) in [6.07, 6.45) is 4.58. The average molecular weight is 166 g/mol. The van der Waals surface area contributed by atoms with E-state index in [0.717, 1.165) is 12.8 Å². The van der Waals surface area contributed by atoms with E-state index >= 15 is 0 Å². The predicted octanol–water partition coefficient (Wildman–Crippen LogP) is 4.34. The van der Waals surface area contributed by atoms with E-state index in [2.05, 4.69) is 47.3 Å². The van der Waals surface area contributed by atoms with Crippen molar-refractivity contribution >= 4 is 0 Å². The Bertz CT molecular complexity index is 177. The van der Waals surface area contributed by atoms with Gasteiger partial charge in [0.05, 0.1) is 0 Å². The SMILES string of the molecule is C=C(C)CC/C=C(\C)C(C)(C)C. The summed E-state index contributed by atoms with van der Waals surface area (Å²) in [5.74, 6) is 0. The Kier molecular flexibility index (Phi) is 4.30. The van der Waals surface area contributed by atoms with Crippen molar-refractivity contribution in [3.8, 4) is 0 Å². The lowest BCUT2D eigenvalue weighted by molar-refractivity contribution is 0.501. The second-order valence-corrected chi connectivity index (χ2v) is 4.63. The molecule has 0 bridgehead atoms. The molecule has 0 N–H and O–H groups in total. The zero-order chi connectivity index (χ0) is 9.78. The molecule has 0 aliphatic carbocycles. The smallest absolute Gasteiger partial charge is 0.0176 e. The summed E-state index contributed by atoms with van der Waals surface area (Å²) in [6.45, 7) is 14.9. The lowest BCUT2D eigenvalue weighted by atomic mass is 9.87. The van der Waals surface area contributed by atoms with E-state index in [1.54, 1.807) is 0 Å². The Morgan fingerprint density at radius 3 is 2.08 bits per heavy atom. The topological polar surface area (TPSA) is 0 Å². The minimum Gasteiger partial charge on any atom is -0.100 e.